The van der Waals surface area contributed by atoms with Crippen LogP contribution in [0.1, 0.15) is 10.4 Å². The number of carbonyl (C=O) groups is 1. The molecule has 0 saturated carbocycles. The normalized spacial score (nSPS) is 30.9. The third-order valence-electron chi connectivity index (χ3n) is 2.95. The Balaban J connectivity index is 2.09. The summed E-state index contributed by atoms with van der Waals surface area (Å²) >= 11 is 0. The molecule has 1 saturated heterocycles. The van der Waals surface area contributed by atoms with E-state index in [9.17, 15) is 15.0 Å². The van der Waals surface area contributed by atoms with Gasteiger partial charge in [-0.15, -0.1) is 0 Å². The summed E-state index contributed by atoms with van der Waals surface area (Å²) in [6.45, 7) is -0.117. The Morgan fingerprint density at radius 2 is 1.95 bits per heavy atom. The van der Waals surface area contributed by atoms with Crippen molar-refractivity contribution in [2.45, 2.75) is 24.6 Å². The average molecular weight is 268 g/mol. The van der Waals surface area contributed by atoms with Gasteiger partial charge in [0.2, 0.25) is 0 Å². The molecule has 1 aromatic rings. The Bertz CT molecular complexity index is 420. The predicted octanol–water partition coefficient (Wildman–Crippen LogP) is -0.0635. The van der Waals surface area contributed by atoms with Gasteiger partial charge in [-0.25, -0.2) is 4.79 Å². The van der Waals surface area contributed by atoms with Crippen LogP contribution < -0.4 is 0 Å². The van der Waals surface area contributed by atoms with Crippen molar-refractivity contribution in [3.8, 4) is 0 Å². The first kappa shape index (κ1) is 14.0. The van der Waals surface area contributed by atoms with E-state index in [4.69, 9.17) is 14.2 Å². The lowest BCUT2D eigenvalue weighted by Gasteiger charge is -2.36. The fourth-order valence-electron chi connectivity index (χ4n) is 1.93. The Hall–Kier alpha value is -1.47. The van der Waals surface area contributed by atoms with Gasteiger partial charge < -0.3 is 24.4 Å². The maximum absolute atomic E-state index is 11.9. The molecule has 0 amide bonds. The zero-order chi connectivity index (χ0) is 13.8. The lowest BCUT2D eigenvalue weighted by molar-refractivity contribution is -0.258. The number of aliphatic hydroxyl groups is 2. The Morgan fingerprint density at radius 3 is 2.58 bits per heavy atom. The molecule has 1 heterocycles. The van der Waals surface area contributed by atoms with E-state index in [1.807, 2.05) is 0 Å². The summed E-state index contributed by atoms with van der Waals surface area (Å²) in [6.07, 6.45) is -4.17. The molecular weight excluding hydrogens is 252 g/mol. The number of rotatable bonds is 3. The molecule has 1 aliphatic rings. The van der Waals surface area contributed by atoms with Crippen LogP contribution in [0.4, 0.5) is 0 Å². The SMILES string of the molecule is CO[C@@H]1[C@@H](OC(=O)c2ccccc2)[C@H](O)CO[C@@H]1O. The highest BCUT2D eigenvalue weighted by atomic mass is 16.7. The molecule has 1 aliphatic heterocycles. The van der Waals surface area contributed by atoms with Crippen LogP contribution >= 0.6 is 0 Å². The number of hydrogen-bond acceptors (Lipinski definition) is 6. The van der Waals surface area contributed by atoms with Crippen molar-refractivity contribution in [2.75, 3.05) is 13.7 Å². The zero-order valence-corrected chi connectivity index (χ0v) is 10.4. The molecule has 6 nitrogen and oxygen atoms in total. The second-order valence-corrected chi connectivity index (χ2v) is 4.23. The first-order chi connectivity index (χ1) is 9.13. The third-order valence-corrected chi connectivity index (χ3v) is 2.95. The molecular formula is C13H16O6. The van der Waals surface area contributed by atoms with Crippen LogP contribution in [-0.4, -0.2) is 54.5 Å². The molecule has 4 atom stereocenters. The van der Waals surface area contributed by atoms with E-state index in [0.29, 0.717) is 5.56 Å². The molecule has 0 radical (unpaired) electrons. The number of ether oxygens (including phenoxy) is 3. The van der Waals surface area contributed by atoms with Gasteiger partial charge in [-0.2, -0.15) is 0 Å². The van der Waals surface area contributed by atoms with Crippen molar-refractivity contribution in [3.05, 3.63) is 35.9 Å². The predicted molar refractivity (Wildman–Crippen MR) is 64.4 cm³/mol. The largest absolute Gasteiger partial charge is 0.453 e. The van der Waals surface area contributed by atoms with Crippen LogP contribution in [0.2, 0.25) is 0 Å². The molecule has 1 fully saturated rings. The molecule has 0 bridgehead atoms. The Morgan fingerprint density at radius 1 is 1.26 bits per heavy atom. The van der Waals surface area contributed by atoms with Crippen LogP contribution in [0.3, 0.4) is 0 Å². The summed E-state index contributed by atoms with van der Waals surface area (Å²) in [4.78, 5) is 11.9. The fraction of sp³-hybridized carbons (Fsp3) is 0.462. The minimum absolute atomic E-state index is 0.117. The zero-order valence-electron chi connectivity index (χ0n) is 10.4. The van der Waals surface area contributed by atoms with Gasteiger partial charge in [0, 0.05) is 7.11 Å². The van der Waals surface area contributed by atoms with Gasteiger partial charge in [-0.05, 0) is 12.1 Å². The molecule has 0 aromatic heterocycles. The van der Waals surface area contributed by atoms with Gasteiger partial charge in [-0.1, -0.05) is 18.2 Å². The lowest BCUT2D eigenvalue weighted by Crippen LogP contribution is -2.55. The number of esters is 1. The van der Waals surface area contributed by atoms with Crippen LogP contribution in [0.15, 0.2) is 30.3 Å². The van der Waals surface area contributed by atoms with Gasteiger partial charge in [0.1, 0.15) is 12.2 Å². The highest BCUT2D eigenvalue weighted by Gasteiger charge is 2.42. The van der Waals surface area contributed by atoms with Crippen molar-refractivity contribution in [3.63, 3.8) is 0 Å². The van der Waals surface area contributed by atoms with Crippen molar-refractivity contribution >= 4 is 5.97 Å². The summed E-state index contributed by atoms with van der Waals surface area (Å²) in [5, 5.41) is 19.4. The Labute approximate surface area is 110 Å². The smallest absolute Gasteiger partial charge is 0.338 e. The van der Waals surface area contributed by atoms with Gasteiger partial charge in [0.05, 0.1) is 12.2 Å². The maximum atomic E-state index is 11.9. The van der Waals surface area contributed by atoms with Crippen LogP contribution in [0.25, 0.3) is 0 Å². The fourth-order valence-corrected chi connectivity index (χ4v) is 1.93. The number of aliphatic hydroxyl groups excluding tert-OH is 2. The summed E-state index contributed by atoms with van der Waals surface area (Å²) in [5.41, 5.74) is 0.366. The van der Waals surface area contributed by atoms with Gasteiger partial charge >= 0.3 is 5.97 Å². The topological polar surface area (TPSA) is 85.2 Å². The Kier molecular flexibility index (Phi) is 4.49. The van der Waals surface area contributed by atoms with E-state index in [-0.39, 0.29) is 6.61 Å². The third kappa shape index (κ3) is 3.10. The van der Waals surface area contributed by atoms with E-state index in [2.05, 4.69) is 0 Å². The number of carbonyl (C=O) groups excluding carboxylic acids is 1. The van der Waals surface area contributed by atoms with E-state index in [0.717, 1.165) is 0 Å². The van der Waals surface area contributed by atoms with Crippen molar-refractivity contribution < 1.29 is 29.2 Å². The highest BCUT2D eigenvalue weighted by molar-refractivity contribution is 5.89. The number of methoxy groups -OCH3 is 1. The average Bonchev–Trinajstić information content (AvgIpc) is 2.44. The monoisotopic (exact) mass is 268 g/mol. The number of benzene rings is 1. The van der Waals surface area contributed by atoms with Crippen molar-refractivity contribution in [2.24, 2.45) is 0 Å². The summed E-state index contributed by atoms with van der Waals surface area (Å²) < 4.78 is 15.1. The molecule has 0 unspecified atom stereocenters. The van der Waals surface area contributed by atoms with Crippen LogP contribution in [-0.2, 0) is 14.2 Å². The molecule has 0 aliphatic carbocycles. The van der Waals surface area contributed by atoms with E-state index in [1.165, 1.54) is 7.11 Å². The maximum Gasteiger partial charge on any atom is 0.338 e. The molecule has 0 spiro atoms. The van der Waals surface area contributed by atoms with Crippen molar-refractivity contribution in [1.29, 1.82) is 0 Å². The van der Waals surface area contributed by atoms with Crippen LogP contribution in [0.5, 0.6) is 0 Å². The second-order valence-electron chi connectivity index (χ2n) is 4.23. The number of hydrogen-bond donors (Lipinski definition) is 2. The molecule has 104 valence electrons. The van der Waals surface area contributed by atoms with E-state index < -0.39 is 30.6 Å². The standard InChI is InChI=1S/C13H16O6/c1-17-11-10(9(14)7-18-13(11)16)19-12(15)8-5-3-2-4-6-8/h2-6,9-11,13-14,16H,7H2,1H3/t9-,10+,11-,13+/m1/s1. The summed E-state index contributed by atoms with van der Waals surface area (Å²) in [5.74, 6) is -0.583. The lowest BCUT2D eigenvalue weighted by atomic mass is 10.0. The molecule has 1 aromatic carbocycles. The molecule has 2 rings (SSSR count). The second kappa shape index (κ2) is 6.12. The summed E-state index contributed by atoms with van der Waals surface area (Å²) in [7, 11) is 1.35. The van der Waals surface area contributed by atoms with Crippen LogP contribution in [0, 0.1) is 0 Å². The first-order valence-corrected chi connectivity index (χ1v) is 5.90. The quantitative estimate of drug-likeness (QED) is 0.747. The molecule has 2 N–H and O–H groups in total. The summed E-state index contributed by atoms with van der Waals surface area (Å²) in [6, 6.07) is 8.40. The van der Waals surface area contributed by atoms with E-state index in [1.54, 1.807) is 30.3 Å². The minimum Gasteiger partial charge on any atom is -0.453 e. The highest BCUT2D eigenvalue weighted by Crippen LogP contribution is 2.20. The molecule has 6 heteroatoms. The van der Waals surface area contributed by atoms with E-state index >= 15 is 0 Å². The first-order valence-electron chi connectivity index (χ1n) is 5.90. The van der Waals surface area contributed by atoms with Crippen molar-refractivity contribution in [1.82, 2.24) is 0 Å². The van der Waals surface area contributed by atoms with Gasteiger partial charge in [0.15, 0.2) is 12.4 Å². The van der Waals surface area contributed by atoms with Gasteiger partial charge in [-0.3, -0.25) is 0 Å². The van der Waals surface area contributed by atoms with Gasteiger partial charge in [0.25, 0.3) is 0 Å². The molecule has 19 heavy (non-hydrogen) atoms. The minimum atomic E-state index is -1.23.